The maximum absolute atomic E-state index is 11.4. The first-order valence-electron chi connectivity index (χ1n) is 6.41. The van der Waals surface area contributed by atoms with Crippen molar-refractivity contribution >= 4 is 17.6 Å². The third-order valence-corrected chi connectivity index (χ3v) is 2.92. The lowest BCUT2D eigenvalue weighted by atomic mass is 9.96. The summed E-state index contributed by atoms with van der Waals surface area (Å²) in [6.45, 7) is 5.42. The number of ether oxygens (including phenoxy) is 2. The Morgan fingerprint density at radius 3 is 2.58 bits per heavy atom. The molecule has 0 N–H and O–H groups in total. The molecule has 0 amide bonds. The Bertz CT molecular complexity index is 420. The number of hydrogen-bond donors (Lipinski definition) is 0. The van der Waals surface area contributed by atoms with E-state index in [1.807, 2.05) is 13.8 Å². The second-order valence-corrected chi connectivity index (χ2v) is 4.16. The highest BCUT2D eigenvalue weighted by atomic mass is 35.5. The molecule has 0 aromatic carbocycles. The lowest BCUT2D eigenvalue weighted by molar-refractivity contribution is 0.0593. The molecule has 1 aliphatic rings. The van der Waals surface area contributed by atoms with Crippen LogP contribution >= 0.6 is 11.6 Å². The zero-order valence-electron chi connectivity index (χ0n) is 11.5. The van der Waals surface area contributed by atoms with Gasteiger partial charge in [0.05, 0.1) is 7.11 Å². The maximum Gasteiger partial charge on any atom is 0.356 e. The average Bonchev–Trinajstić information content (AvgIpc) is 2.48. The number of aromatic nitrogens is 2. The predicted octanol–water partition coefficient (Wildman–Crippen LogP) is 2.84. The van der Waals surface area contributed by atoms with Gasteiger partial charge < -0.3 is 9.47 Å². The van der Waals surface area contributed by atoms with E-state index in [0.717, 1.165) is 18.5 Å². The molecule has 2 heterocycles. The molecular weight excluding hydrogens is 268 g/mol. The highest BCUT2D eigenvalue weighted by Gasteiger charge is 2.20. The Balaban J connectivity index is 0.000000861. The van der Waals surface area contributed by atoms with Crippen LogP contribution in [0.15, 0.2) is 6.07 Å². The maximum atomic E-state index is 11.4. The van der Waals surface area contributed by atoms with Crippen molar-refractivity contribution in [3.05, 3.63) is 22.7 Å². The third-order valence-electron chi connectivity index (χ3n) is 2.75. The van der Waals surface area contributed by atoms with Gasteiger partial charge in [0.2, 0.25) is 5.28 Å². The first-order valence-corrected chi connectivity index (χ1v) is 6.79. The van der Waals surface area contributed by atoms with E-state index in [4.69, 9.17) is 16.3 Å². The average molecular weight is 287 g/mol. The molecule has 0 bridgehead atoms. The molecular formula is C13H19ClN2O3. The van der Waals surface area contributed by atoms with E-state index in [1.165, 1.54) is 7.11 Å². The molecule has 0 unspecified atom stereocenters. The van der Waals surface area contributed by atoms with Gasteiger partial charge in [-0.3, -0.25) is 0 Å². The van der Waals surface area contributed by atoms with E-state index in [-0.39, 0.29) is 16.9 Å². The van der Waals surface area contributed by atoms with Gasteiger partial charge in [0, 0.05) is 24.8 Å². The van der Waals surface area contributed by atoms with Crippen molar-refractivity contribution in [1.82, 2.24) is 9.97 Å². The van der Waals surface area contributed by atoms with Crippen molar-refractivity contribution in [2.75, 3.05) is 20.3 Å². The van der Waals surface area contributed by atoms with Crippen LogP contribution in [0, 0.1) is 0 Å². The lowest BCUT2D eigenvalue weighted by Crippen LogP contribution is -2.16. The number of rotatable bonds is 2. The summed E-state index contributed by atoms with van der Waals surface area (Å²) in [5, 5.41) is 0.0781. The fourth-order valence-corrected chi connectivity index (χ4v) is 2.04. The van der Waals surface area contributed by atoms with Gasteiger partial charge in [-0.15, -0.1) is 0 Å². The molecule has 0 atom stereocenters. The third kappa shape index (κ3) is 4.44. The molecule has 6 heteroatoms. The van der Waals surface area contributed by atoms with E-state index in [2.05, 4.69) is 14.7 Å². The van der Waals surface area contributed by atoms with Crippen molar-refractivity contribution in [1.29, 1.82) is 0 Å². The van der Waals surface area contributed by atoms with Crippen LogP contribution in [0.1, 0.15) is 48.8 Å². The SMILES string of the molecule is CC.COC(=O)c1cc(C2CCOCC2)nc(Cl)n1. The van der Waals surface area contributed by atoms with Crippen LogP contribution in [0.25, 0.3) is 0 Å². The van der Waals surface area contributed by atoms with Gasteiger partial charge in [-0.05, 0) is 30.5 Å². The van der Waals surface area contributed by atoms with Crippen molar-refractivity contribution in [2.24, 2.45) is 0 Å². The Morgan fingerprint density at radius 1 is 1.37 bits per heavy atom. The quantitative estimate of drug-likeness (QED) is 0.618. The molecule has 1 saturated heterocycles. The fourth-order valence-electron chi connectivity index (χ4n) is 1.85. The molecule has 2 rings (SSSR count). The lowest BCUT2D eigenvalue weighted by Gasteiger charge is -2.21. The van der Waals surface area contributed by atoms with Gasteiger partial charge in [0.25, 0.3) is 0 Å². The van der Waals surface area contributed by atoms with Gasteiger partial charge in [-0.25, -0.2) is 14.8 Å². The second kappa shape index (κ2) is 8.07. The number of carbonyl (C=O) groups excluding carboxylic acids is 1. The Labute approximate surface area is 118 Å². The smallest absolute Gasteiger partial charge is 0.356 e. The minimum absolute atomic E-state index is 0.0781. The summed E-state index contributed by atoms with van der Waals surface area (Å²) in [5.74, 6) is -0.227. The number of carbonyl (C=O) groups is 1. The number of methoxy groups -OCH3 is 1. The molecule has 1 aromatic rings. The number of nitrogens with zero attached hydrogens (tertiary/aromatic N) is 2. The zero-order valence-corrected chi connectivity index (χ0v) is 12.2. The minimum atomic E-state index is -0.498. The second-order valence-electron chi connectivity index (χ2n) is 3.83. The van der Waals surface area contributed by atoms with Gasteiger partial charge in [0.1, 0.15) is 0 Å². The van der Waals surface area contributed by atoms with Crippen LogP contribution in [0.2, 0.25) is 5.28 Å². The van der Waals surface area contributed by atoms with Crippen LogP contribution in [0.3, 0.4) is 0 Å². The van der Waals surface area contributed by atoms with Gasteiger partial charge >= 0.3 is 5.97 Å². The number of esters is 1. The van der Waals surface area contributed by atoms with E-state index in [0.29, 0.717) is 13.2 Å². The summed E-state index contributed by atoms with van der Waals surface area (Å²) in [6.07, 6.45) is 1.77. The van der Waals surface area contributed by atoms with Crippen LogP contribution in [-0.4, -0.2) is 36.3 Å². The van der Waals surface area contributed by atoms with E-state index < -0.39 is 5.97 Å². The topological polar surface area (TPSA) is 61.3 Å². The van der Waals surface area contributed by atoms with Crippen molar-refractivity contribution < 1.29 is 14.3 Å². The molecule has 0 saturated carbocycles. The first-order chi connectivity index (χ1) is 9.20. The summed E-state index contributed by atoms with van der Waals surface area (Å²) in [6, 6.07) is 1.65. The number of hydrogen-bond acceptors (Lipinski definition) is 5. The highest BCUT2D eigenvalue weighted by Crippen LogP contribution is 2.26. The molecule has 0 radical (unpaired) electrons. The molecule has 0 aliphatic carbocycles. The van der Waals surface area contributed by atoms with Crippen LogP contribution < -0.4 is 0 Å². The molecule has 5 nitrogen and oxygen atoms in total. The van der Waals surface area contributed by atoms with Crippen molar-refractivity contribution in [3.8, 4) is 0 Å². The standard InChI is InChI=1S/C11H13ClN2O3.C2H6/c1-16-10(15)9-6-8(13-11(12)14-9)7-2-4-17-5-3-7;1-2/h6-7H,2-5H2,1H3;1-2H3. The van der Waals surface area contributed by atoms with Crippen LogP contribution in [0.4, 0.5) is 0 Å². The molecule has 0 spiro atoms. The van der Waals surface area contributed by atoms with Crippen LogP contribution in [-0.2, 0) is 9.47 Å². The van der Waals surface area contributed by atoms with Crippen molar-refractivity contribution in [2.45, 2.75) is 32.6 Å². The molecule has 19 heavy (non-hydrogen) atoms. The zero-order chi connectivity index (χ0) is 14.3. The largest absolute Gasteiger partial charge is 0.464 e. The predicted molar refractivity (Wildman–Crippen MR) is 72.5 cm³/mol. The van der Waals surface area contributed by atoms with E-state index in [1.54, 1.807) is 6.07 Å². The minimum Gasteiger partial charge on any atom is -0.464 e. The molecule has 1 fully saturated rings. The summed E-state index contributed by atoms with van der Waals surface area (Å²) in [5.41, 5.74) is 0.989. The summed E-state index contributed by atoms with van der Waals surface area (Å²) in [4.78, 5) is 19.4. The summed E-state index contributed by atoms with van der Waals surface area (Å²) in [7, 11) is 1.31. The van der Waals surface area contributed by atoms with Gasteiger partial charge in [0.15, 0.2) is 5.69 Å². The Kier molecular flexibility index (Phi) is 6.73. The normalized spacial score (nSPS) is 15.4. The monoisotopic (exact) mass is 286 g/mol. The fraction of sp³-hybridized carbons (Fsp3) is 0.615. The first kappa shape index (κ1) is 15.9. The van der Waals surface area contributed by atoms with Gasteiger partial charge in [-0.2, -0.15) is 0 Å². The van der Waals surface area contributed by atoms with Crippen LogP contribution in [0.5, 0.6) is 0 Å². The number of halogens is 1. The Hall–Kier alpha value is -1.20. The van der Waals surface area contributed by atoms with Crippen molar-refractivity contribution in [3.63, 3.8) is 0 Å². The molecule has 106 valence electrons. The molecule has 1 aliphatic heterocycles. The van der Waals surface area contributed by atoms with E-state index in [9.17, 15) is 4.79 Å². The van der Waals surface area contributed by atoms with E-state index >= 15 is 0 Å². The highest BCUT2D eigenvalue weighted by molar-refractivity contribution is 6.28. The summed E-state index contributed by atoms with van der Waals surface area (Å²) < 4.78 is 9.90. The molecule has 1 aromatic heterocycles. The Morgan fingerprint density at radius 2 is 2.00 bits per heavy atom. The van der Waals surface area contributed by atoms with Gasteiger partial charge in [-0.1, -0.05) is 13.8 Å². The summed E-state index contributed by atoms with van der Waals surface area (Å²) >= 11 is 5.81.